The number of halogens is 1. The summed E-state index contributed by atoms with van der Waals surface area (Å²) in [5.41, 5.74) is 3.96. The summed E-state index contributed by atoms with van der Waals surface area (Å²) in [6.07, 6.45) is 2.04. The molecule has 0 fully saturated rings. The molecule has 0 spiro atoms. The minimum Gasteiger partial charge on any atom is -0.345 e. The van der Waals surface area contributed by atoms with Crippen molar-refractivity contribution >= 4 is 11.7 Å². The number of amides is 2. The summed E-state index contributed by atoms with van der Waals surface area (Å²) in [5.74, 6) is -0.0910. The highest BCUT2D eigenvalue weighted by Crippen LogP contribution is 2.19. The maximum Gasteiger partial charge on any atom is 0.322 e. The molecule has 1 aromatic heterocycles. The first-order chi connectivity index (χ1) is 14.3. The van der Waals surface area contributed by atoms with Crippen LogP contribution in [0.3, 0.4) is 0 Å². The molecule has 0 aliphatic rings. The van der Waals surface area contributed by atoms with Crippen LogP contribution in [-0.2, 0) is 13.1 Å². The fourth-order valence-corrected chi connectivity index (χ4v) is 3.45. The topological polar surface area (TPSA) is 37.3 Å². The molecule has 158 valence electrons. The first-order valence-corrected chi connectivity index (χ1v) is 10.4. The van der Waals surface area contributed by atoms with E-state index in [9.17, 15) is 9.18 Å². The molecular weight excluding hydrogens is 377 g/mol. The van der Waals surface area contributed by atoms with Crippen molar-refractivity contribution in [1.82, 2.24) is 9.47 Å². The molecule has 0 aliphatic heterocycles. The Balaban J connectivity index is 1.80. The molecule has 1 unspecified atom stereocenters. The fraction of sp³-hybridized carbons (Fsp3) is 0.320. The lowest BCUT2D eigenvalue weighted by Gasteiger charge is -2.32. The SMILES string of the molecule is Cc1cccc(Cn2cccc2CN(C(=O)Nc2cccc(F)c2)C(C)C(C)C)c1. The number of aromatic nitrogens is 1. The summed E-state index contributed by atoms with van der Waals surface area (Å²) in [6, 6.07) is 18.3. The number of hydrogen-bond acceptors (Lipinski definition) is 1. The number of nitrogens with one attached hydrogen (secondary N) is 1. The Labute approximate surface area is 178 Å². The van der Waals surface area contributed by atoms with Gasteiger partial charge in [0.1, 0.15) is 5.82 Å². The van der Waals surface area contributed by atoms with Crippen molar-refractivity contribution in [3.63, 3.8) is 0 Å². The molecule has 0 saturated carbocycles. The molecule has 0 aliphatic carbocycles. The number of nitrogens with zero attached hydrogens (tertiary/aromatic N) is 2. The van der Waals surface area contributed by atoms with Gasteiger partial charge in [-0.25, -0.2) is 9.18 Å². The number of hydrogen-bond donors (Lipinski definition) is 1. The van der Waals surface area contributed by atoms with Crippen molar-refractivity contribution < 1.29 is 9.18 Å². The second kappa shape index (κ2) is 9.61. The zero-order valence-electron chi connectivity index (χ0n) is 18.1. The van der Waals surface area contributed by atoms with Gasteiger partial charge in [0.2, 0.25) is 0 Å². The number of rotatable bonds is 7. The van der Waals surface area contributed by atoms with Crippen LogP contribution in [0.2, 0.25) is 0 Å². The Morgan fingerprint density at radius 3 is 2.53 bits per heavy atom. The summed E-state index contributed by atoms with van der Waals surface area (Å²) in [4.78, 5) is 14.9. The second-order valence-electron chi connectivity index (χ2n) is 8.17. The van der Waals surface area contributed by atoms with Gasteiger partial charge in [-0.3, -0.25) is 0 Å². The number of carbonyl (C=O) groups excluding carboxylic acids is 1. The van der Waals surface area contributed by atoms with E-state index in [4.69, 9.17) is 0 Å². The molecule has 30 heavy (non-hydrogen) atoms. The van der Waals surface area contributed by atoms with E-state index in [1.54, 1.807) is 12.1 Å². The van der Waals surface area contributed by atoms with Gasteiger partial charge in [0.25, 0.3) is 0 Å². The van der Waals surface area contributed by atoms with E-state index in [-0.39, 0.29) is 23.8 Å². The van der Waals surface area contributed by atoms with Crippen molar-refractivity contribution in [3.05, 3.63) is 89.5 Å². The number of aryl methyl sites for hydroxylation is 1. The minimum atomic E-state index is -0.372. The third-order valence-electron chi connectivity index (χ3n) is 5.48. The Bertz CT molecular complexity index is 995. The van der Waals surface area contributed by atoms with E-state index in [1.807, 2.05) is 30.2 Å². The van der Waals surface area contributed by atoms with Crippen LogP contribution >= 0.6 is 0 Å². The summed E-state index contributed by atoms with van der Waals surface area (Å²) in [6.45, 7) is 9.54. The van der Waals surface area contributed by atoms with Crippen LogP contribution in [0.15, 0.2) is 66.9 Å². The smallest absolute Gasteiger partial charge is 0.322 e. The zero-order chi connectivity index (χ0) is 21.7. The highest BCUT2D eigenvalue weighted by atomic mass is 19.1. The van der Waals surface area contributed by atoms with Crippen LogP contribution < -0.4 is 5.32 Å². The third kappa shape index (κ3) is 5.50. The largest absolute Gasteiger partial charge is 0.345 e. The summed E-state index contributed by atoms with van der Waals surface area (Å²) in [5, 5.41) is 2.85. The van der Waals surface area contributed by atoms with Crippen LogP contribution in [0.4, 0.5) is 14.9 Å². The molecule has 5 heteroatoms. The lowest BCUT2D eigenvalue weighted by Crippen LogP contribution is -2.43. The van der Waals surface area contributed by atoms with E-state index in [2.05, 4.69) is 54.9 Å². The van der Waals surface area contributed by atoms with Gasteiger partial charge in [0.05, 0.1) is 6.54 Å². The van der Waals surface area contributed by atoms with Crippen molar-refractivity contribution in [1.29, 1.82) is 0 Å². The molecule has 1 heterocycles. The predicted octanol–water partition coefficient (Wildman–Crippen LogP) is 6.06. The lowest BCUT2D eigenvalue weighted by atomic mass is 10.0. The number of anilines is 1. The standard InChI is InChI=1S/C25H30FN3O/c1-18(2)20(4)29(25(30)27-23-11-6-10-22(26)15-23)17-24-12-7-13-28(24)16-21-9-5-8-19(3)14-21/h5-15,18,20H,16-17H2,1-4H3,(H,27,30). The minimum absolute atomic E-state index is 0.0147. The van der Waals surface area contributed by atoms with Crippen molar-refractivity contribution in [2.24, 2.45) is 5.92 Å². The van der Waals surface area contributed by atoms with Crippen LogP contribution in [0.5, 0.6) is 0 Å². The molecule has 0 saturated heterocycles. The monoisotopic (exact) mass is 407 g/mol. The number of carbonyl (C=O) groups is 1. The maximum atomic E-state index is 13.5. The van der Waals surface area contributed by atoms with E-state index in [1.165, 1.54) is 23.3 Å². The molecule has 4 nitrogen and oxygen atoms in total. The van der Waals surface area contributed by atoms with Gasteiger partial charge in [-0.05, 0) is 55.7 Å². The Hall–Kier alpha value is -3.08. The molecular formula is C25H30FN3O. The highest BCUT2D eigenvalue weighted by molar-refractivity contribution is 5.89. The van der Waals surface area contributed by atoms with Gasteiger partial charge < -0.3 is 14.8 Å². The molecule has 1 N–H and O–H groups in total. The van der Waals surface area contributed by atoms with Gasteiger partial charge in [0.15, 0.2) is 0 Å². The Morgan fingerprint density at radius 2 is 1.83 bits per heavy atom. The molecule has 2 amide bonds. The third-order valence-corrected chi connectivity index (χ3v) is 5.48. The maximum absolute atomic E-state index is 13.5. The Kier molecular flexibility index (Phi) is 6.93. The average molecular weight is 408 g/mol. The second-order valence-corrected chi connectivity index (χ2v) is 8.17. The number of urea groups is 1. The van der Waals surface area contributed by atoms with Gasteiger partial charge >= 0.3 is 6.03 Å². The number of benzene rings is 2. The van der Waals surface area contributed by atoms with Crippen molar-refractivity contribution in [2.75, 3.05) is 5.32 Å². The Morgan fingerprint density at radius 1 is 1.07 bits per heavy atom. The van der Waals surface area contributed by atoms with Gasteiger partial charge in [-0.1, -0.05) is 49.7 Å². The van der Waals surface area contributed by atoms with E-state index in [0.717, 1.165) is 12.2 Å². The molecule has 3 rings (SSSR count). The molecule has 0 bridgehead atoms. The average Bonchev–Trinajstić information content (AvgIpc) is 3.12. The first kappa shape index (κ1) is 21.6. The van der Waals surface area contributed by atoms with Gasteiger partial charge in [-0.2, -0.15) is 0 Å². The summed E-state index contributed by atoms with van der Waals surface area (Å²) >= 11 is 0. The van der Waals surface area contributed by atoms with Crippen LogP contribution in [-0.4, -0.2) is 21.5 Å². The highest BCUT2D eigenvalue weighted by Gasteiger charge is 2.24. The van der Waals surface area contributed by atoms with Crippen molar-refractivity contribution in [2.45, 2.75) is 46.8 Å². The fourth-order valence-electron chi connectivity index (χ4n) is 3.45. The summed E-state index contributed by atoms with van der Waals surface area (Å²) < 4.78 is 15.7. The molecule has 0 radical (unpaired) electrons. The van der Waals surface area contributed by atoms with Crippen LogP contribution in [0, 0.1) is 18.7 Å². The van der Waals surface area contributed by atoms with E-state index >= 15 is 0 Å². The normalized spacial score (nSPS) is 12.1. The predicted molar refractivity (Wildman–Crippen MR) is 120 cm³/mol. The summed E-state index contributed by atoms with van der Waals surface area (Å²) in [7, 11) is 0. The van der Waals surface area contributed by atoms with Crippen LogP contribution in [0.25, 0.3) is 0 Å². The van der Waals surface area contributed by atoms with Gasteiger partial charge in [0, 0.05) is 30.2 Å². The molecule has 2 aromatic carbocycles. The van der Waals surface area contributed by atoms with E-state index < -0.39 is 0 Å². The zero-order valence-corrected chi connectivity index (χ0v) is 18.1. The molecule has 1 atom stereocenters. The van der Waals surface area contributed by atoms with Crippen molar-refractivity contribution in [3.8, 4) is 0 Å². The lowest BCUT2D eigenvalue weighted by molar-refractivity contribution is 0.168. The van der Waals surface area contributed by atoms with E-state index in [0.29, 0.717) is 12.2 Å². The molecule has 3 aromatic rings. The van der Waals surface area contributed by atoms with Gasteiger partial charge in [-0.15, -0.1) is 0 Å². The quantitative estimate of drug-likeness (QED) is 0.508. The first-order valence-electron chi connectivity index (χ1n) is 10.4. The van der Waals surface area contributed by atoms with Crippen LogP contribution in [0.1, 0.15) is 37.6 Å².